The molecule has 3 unspecified atom stereocenters. The second-order valence-electron chi connectivity index (χ2n) is 5.32. The minimum atomic E-state index is -0.447. The molecule has 0 amide bonds. The van der Waals surface area contributed by atoms with E-state index in [1.54, 1.807) is 6.07 Å². The van der Waals surface area contributed by atoms with Crippen LogP contribution in [0.25, 0.3) is 0 Å². The lowest BCUT2D eigenvalue weighted by Gasteiger charge is -2.33. The zero-order valence-electron chi connectivity index (χ0n) is 10.4. The number of nitrogens with zero attached hydrogens (tertiary/aromatic N) is 2. The maximum Gasteiger partial charge on any atom is 0.293 e. The summed E-state index contributed by atoms with van der Waals surface area (Å²) >= 11 is 0. The Morgan fingerprint density at radius 3 is 2.89 bits per heavy atom. The van der Waals surface area contributed by atoms with Gasteiger partial charge in [0.1, 0.15) is 6.20 Å². The van der Waals surface area contributed by atoms with Crippen molar-refractivity contribution in [2.24, 2.45) is 5.92 Å². The first kappa shape index (κ1) is 12.5. The molecule has 3 atom stereocenters. The van der Waals surface area contributed by atoms with Crippen LogP contribution < -0.4 is 0 Å². The quantitative estimate of drug-likeness (QED) is 0.666. The van der Waals surface area contributed by atoms with Crippen LogP contribution in [0.1, 0.15) is 37.4 Å². The van der Waals surface area contributed by atoms with E-state index in [0.29, 0.717) is 24.3 Å². The number of nitro groups is 1. The van der Waals surface area contributed by atoms with Gasteiger partial charge in [-0.15, -0.1) is 0 Å². The predicted molar refractivity (Wildman–Crippen MR) is 66.5 cm³/mol. The van der Waals surface area contributed by atoms with Crippen molar-refractivity contribution < 1.29 is 14.8 Å². The molecule has 0 aromatic carbocycles. The second kappa shape index (κ2) is 4.86. The molecular weight excluding hydrogens is 248 g/mol. The van der Waals surface area contributed by atoms with Crippen LogP contribution in [0.5, 0.6) is 0 Å². The number of rotatable bonds is 3. The van der Waals surface area contributed by atoms with Crippen molar-refractivity contribution in [2.45, 2.75) is 44.0 Å². The van der Waals surface area contributed by atoms with Gasteiger partial charge in [-0.25, -0.2) is 0 Å². The lowest BCUT2D eigenvalue weighted by molar-refractivity contribution is -0.386. The summed E-state index contributed by atoms with van der Waals surface area (Å²) in [5, 5.41) is 21.0. The molecule has 0 bridgehead atoms. The number of ether oxygens (including phenoxy) is 1. The summed E-state index contributed by atoms with van der Waals surface area (Å²) in [5.74, 6) is 0.512. The molecule has 6 nitrogen and oxygen atoms in total. The van der Waals surface area contributed by atoms with Crippen molar-refractivity contribution in [3.05, 3.63) is 34.1 Å². The van der Waals surface area contributed by atoms with Gasteiger partial charge in [-0.05, 0) is 31.2 Å². The molecule has 102 valence electrons. The topological polar surface area (TPSA) is 85.5 Å². The molecule has 3 rings (SSSR count). The summed E-state index contributed by atoms with van der Waals surface area (Å²) < 4.78 is 5.97. The number of aliphatic hydroxyl groups excluding tert-OH is 1. The van der Waals surface area contributed by atoms with Gasteiger partial charge in [0.05, 0.1) is 28.8 Å². The Labute approximate surface area is 110 Å². The summed E-state index contributed by atoms with van der Waals surface area (Å²) in [6.07, 6.45) is 5.25. The lowest BCUT2D eigenvalue weighted by atomic mass is 9.94. The first-order valence-electron chi connectivity index (χ1n) is 6.57. The van der Waals surface area contributed by atoms with Crippen molar-refractivity contribution in [1.29, 1.82) is 0 Å². The average molecular weight is 264 g/mol. The zero-order valence-corrected chi connectivity index (χ0v) is 10.4. The minimum absolute atomic E-state index is 0.0292. The van der Waals surface area contributed by atoms with Gasteiger partial charge in [-0.3, -0.25) is 15.1 Å². The molecule has 1 saturated carbocycles. The lowest BCUT2D eigenvalue weighted by Crippen LogP contribution is -2.32. The molecule has 1 N–H and O–H groups in total. The first-order valence-corrected chi connectivity index (χ1v) is 6.57. The fourth-order valence-corrected chi connectivity index (χ4v) is 2.73. The number of hydrogen-bond donors (Lipinski definition) is 1. The molecule has 2 heterocycles. The standard InChI is InChI=1S/C13H16N2O4/c16-9-5-12(8-1-2-8)19-13(6-9)10-3-4-14-7-11(10)15(17)18/h3-4,7-9,12-13,16H,1-2,5-6H2. The molecule has 2 aliphatic rings. The third-order valence-corrected chi connectivity index (χ3v) is 3.85. The van der Waals surface area contributed by atoms with Gasteiger partial charge in [0.15, 0.2) is 0 Å². The summed E-state index contributed by atoms with van der Waals surface area (Å²) in [7, 11) is 0. The van der Waals surface area contributed by atoms with Gasteiger partial charge in [0.2, 0.25) is 0 Å². The summed E-state index contributed by atoms with van der Waals surface area (Å²) in [4.78, 5) is 14.4. The Morgan fingerprint density at radius 1 is 1.42 bits per heavy atom. The van der Waals surface area contributed by atoms with Crippen molar-refractivity contribution in [3.8, 4) is 0 Å². The van der Waals surface area contributed by atoms with E-state index in [1.807, 2.05) is 0 Å². The summed E-state index contributed by atoms with van der Waals surface area (Å²) in [5.41, 5.74) is 0.487. The van der Waals surface area contributed by atoms with Gasteiger partial charge in [0, 0.05) is 12.6 Å². The summed E-state index contributed by atoms with van der Waals surface area (Å²) in [6, 6.07) is 1.62. The van der Waals surface area contributed by atoms with Gasteiger partial charge < -0.3 is 9.84 Å². The highest BCUT2D eigenvalue weighted by molar-refractivity contribution is 5.38. The van der Waals surface area contributed by atoms with E-state index in [2.05, 4.69) is 4.98 Å². The molecule has 6 heteroatoms. The Balaban J connectivity index is 1.86. The molecule has 2 fully saturated rings. The largest absolute Gasteiger partial charge is 0.393 e. The molecule has 1 aromatic rings. The highest BCUT2D eigenvalue weighted by Crippen LogP contribution is 2.44. The van der Waals surface area contributed by atoms with Crippen LogP contribution in [0.4, 0.5) is 5.69 Å². The molecule has 0 radical (unpaired) electrons. The minimum Gasteiger partial charge on any atom is -0.393 e. The van der Waals surface area contributed by atoms with E-state index in [4.69, 9.17) is 4.74 Å². The third kappa shape index (κ3) is 2.59. The van der Waals surface area contributed by atoms with Crippen molar-refractivity contribution in [3.63, 3.8) is 0 Å². The molecule has 1 saturated heterocycles. The molecule has 19 heavy (non-hydrogen) atoms. The first-order chi connectivity index (χ1) is 9.15. The molecule has 1 aliphatic heterocycles. The van der Waals surface area contributed by atoms with E-state index in [0.717, 1.165) is 12.8 Å². The number of pyridine rings is 1. The van der Waals surface area contributed by atoms with Crippen LogP contribution in [0.2, 0.25) is 0 Å². The molecule has 0 spiro atoms. The Hall–Kier alpha value is -1.53. The number of aliphatic hydroxyl groups is 1. The number of hydrogen-bond acceptors (Lipinski definition) is 5. The average Bonchev–Trinajstić information content (AvgIpc) is 3.22. The maximum absolute atomic E-state index is 11.0. The van der Waals surface area contributed by atoms with E-state index < -0.39 is 17.1 Å². The summed E-state index contributed by atoms with van der Waals surface area (Å²) in [6.45, 7) is 0. The molecular formula is C13H16N2O4. The Bertz CT molecular complexity index is 489. The highest BCUT2D eigenvalue weighted by atomic mass is 16.6. The number of aromatic nitrogens is 1. The normalized spacial score (nSPS) is 31.1. The van der Waals surface area contributed by atoms with Crippen LogP contribution in [-0.4, -0.2) is 27.2 Å². The maximum atomic E-state index is 11.0. The van der Waals surface area contributed by atoms with Gasteiger partial charge in [-0.1, -0.05) is 0 Å². The SMILES string of the molecule is O=[N+]([O-])c1cnccc1C1CC(O)CC(C2CC2)O1. The smallest absolute Gasteiger partial charge is 0.293 e. The van der Waals surface area contributed by atoms with E-state index in [-0.39, 0.29) is 11.8 Å². The van der Waals surface area contributed by atoms with Crippen molar-refractivity contribution in [1.82, 2.24) is 4.98 Å². The van der Waals surface area contributed by atoms with Crippen molar-refractivity contribution >= 4 is 5.69 Å². The van der Waals surface area contributed by atoms with Crippen molar-refractivity contribution in [2.75, 3.05) is 0 Å². The third-order valence-electron chi connectivity index (χ3n) is 3.85. The zero-order chi connectivity index (χ0) is 13.4. The molecule has 1 aliphatic carbocycles. The van der Waals surface area contributed by atoms with Crippen LogP contribution in [0, 0.1) is 16.0 Å². The van der Waals surface area contributed by atoms with Crippen LogP contribution >= 0.6 is 0 Å². The van der Waals surface area contributed by atoms with Gasteiger partial charge in [-0.2, -0.15) is 0 Å². The predicted octanol–water partition coefficient (Wildman–Crippen LogP) is 1.98. The van der Waals surface area contributed by atoms with Gasteiger partial charge in [0.25, 0.3) is 5.69 Å². The highest BCUT2D eigenvalue weighted by Gasteiger charge is 2.40. The van der Waals surface area contributed by atoms with E-state index >= 15 is 0 Å². The Morgan fingerprint density at radius 2 is 2.21 bits per heavy atom. The van der Waals surface area contributed by atoms with Crippen LogP contribution in [0.3, 0.4) is 0 Å². The fraction of sp³-hybridized carbons (Fsp3) is 0.615. The van der Waals surface area contributed by atoms with E-state index in [1.165, 1.54) is 12.4 Å². The van der Waals surface area contributed by atoms with Crippen LogP contribution in [0.15, 0.2) is 18.5 Å². The molecule has 1 aromatic heterocycles. The Kier molecular flexibility index (Phi) is 3.20. The van der Waals surface area contributed by atoms with Crippen LogP contribution in [-0.2, 0) is 4.74 Å². The fourth-order valence-electron chi connectivity index (χ4n) is 2.73. The van der Waals surface area contributed by atoms with E-state index in [9.17, 15) is 15.2 Å². The van der Waals surface area contributed by atoms with Gasteiger partial charge >= 0.3 is 0 Å². The monoisotopic (exact) mass is 264 g/mol. The second-order valence-corrected chi connectivity index (χ2v) is 5.32.